The van der Waals surface area contributed by atoms with Crippen molar-refractivity contribution in [3.8, 4) is 0 Å². The van der Waals surface area contributed by atoms with E-state index in [9.17, 15) is 92.2 Å². The zero-order valence-corrected chi connectivity index (χ0v) is 15.1. The summed E-state index contributed by atoms with van der Waals surface area (Å²) in [5, 5.41) is 0. The van der Waals surface area contributed by atoms with Crippen LogP contribution in [0.4, 0.5) is 92.2 Å². The van der Waals surface area contributed by atoms with E-state index < -0.39 is 70.1 Å². The molecule has 0 nitrogen and oxygen atoms in total. The maximum atomic E-state index is 14.1. The fourth-order valence-corrected chi connectivity index (χ4v) is 3.37. The summed E-state index contributed by atoms with van der Waals surface area (Å²) in [6.45, 7) is 0. The molecule has 0 aromatic rings. The highest BCUT2D eigenvalue weighted by Gasteiger charge is 3.00. The molecule has 0 heterocycles. The van der Waals surface area contributed by atoms with E-state index in [2.05, 4.69) is 11.6 Å². The second-order valence-corrected chi connectivity index (χ2v) is 6.94. The van der Waals surface area contributed by atoms with Crippen molar-refractivity contribution in [3.05, 3.63) is 11.1 Å². The molecule has 34 heavy (non-hydrogen) atoms. The quantitative estimate of drug-likeness (QED) is 0.177. The molecule has 0 saturated carbocycles. The van der Waals surface area contributed by atoms with Crippen molar-refractivity contribution in [2.24, 2.45) is 5.41 Å². The number of hydrogen-bond donors (Lipinski definition) is 0. The first-order valence-corrected chi connectivity index (χ1v) is 7.54. The normalized spacial score (nSPS) is 21.0. The van der Waals surface area contributed by atoms with Gasteiger partial charge in [0, 0.05) is 5.57 Å². The standard InChI is InChI=1S/C12ClF21/c13-4(9(23,24)25,10(26,27)28)1-2(5(14,11(29,30)31)12(32,33)34)6(15,16)3(1,7(17,18)19)8(20,21)22. The van der Waals surface area contributed by atoms with Gasteiger partial charge in [-0.15, -0.1) is 0 Å². The van der Waals surface area contributed by atoms with E-state index in [-0.39, 0.29) is 0 Å². The molecular weight excluding hydrogens is 579 g/mol. The van der Waals surface area contributed by atoms with Gasteiger partial charge in [-0.2, -0.15) is 87.8 Å². The fraction of sp³-hybridized carbons (Fsp3) is 0.833. The molecule has 1 rings (SSSR count). The molecule has 202 valence electrons. The number of hydrogen-bond acceptors (Lipinski definition) is 0. The van der Waals surface area contributed by atoms with Gasteiger partial charge in [-0.1, -0.05) is 11.6 Å². The van der Waals surface area contributed by atoms with Gasteiger partial charge in [-0.05, 0) is 0 Å². The molecule has 0 spiro atoms. The monoisotopic (exact) mass is 578 g/mol. The van der Waals surface area contributed by atoms with Crippen LogP contribution in [0, 0.1) is 5.41 Å². The average molecular weight is 579 g/mol. The van der Waals surface area contributed by atoms with E-state index in [1.54, 1.807) is 0 Å². The van der Waals surface area contributed by atoms with Crippen molar-refractivity contribution in [1.29, 1.82) is 0 Å². The van der Waals surface area contributed by atoms with Gasteiger partial charge in [-0.25, -0.2) is 4.39 Å². The number of halogens is 22. The van der Waals surface area contributed by atoms with Gasteiger partial charge in [0.2, 0.25) is 0 Å². The summed E-state index contributed by atoms with van der Waals surface area (Å²) in [7, 11) is 0. The molecular formula is C12ClF21. The molecule has 0 aromatic carbocycles. The lowest BCUT2D eigenvalue weighted by Crippen LogP contribution is -2.79. The molecule has 22 heteroatoms. The van der Waals surface area contributed by atoms with E-state index in [0.29, 0.717) is 0 Å². The predicted octanol–water partition coefficient (Wildman–Crippen LogP) is 7.98. The summed E-state index contributed by atoms with van der Waals surface area (Å²) in [5.41, 5.74) is -27.4. The van der Waals surface area contributed by atoms with E-state index in [4.69, 9.17) is 0 Å². The zero-order valence-electron chi connectivity index (χ0n) is 14.3. The van der Waals surface area contributed by atoms with Gasteiger partial charge in [0.1, 0.15) is 0 Å². The van der Waals surface area contributed by atoms with Crippen LogP contribution in [0.5, 0.6) is 0 Å². The lowest BCUT2D eigenvalue weighted by atomic mass is 9.51. The van der Waals surface area contributed by atoms with Crippen LogP contribution in [0.25, 0.3) is 0 Å². The third-order valence-corrected chi connectivity index (χ3v) is 5.13. The van der Waals surface area contributed by atoms with Gasteiger partial charge >= 0.3 is 42.7 Å². The molecule has 1 aliphatic carbocycles. The third-order valence-electron chi connectivity index (χ3n) is 4.51. The number of rotatable bonds is 2. The van der Waals surface area contributed by atoms with Crippen LogP contribution >= 0.6 is 11.6 Å². The Kier molecular flexibility index (Phi) is 6.36. The van der Waals surface area contributed by atoms with Crippen LogP contribution in [0.2, 0.25) is 0 Å². The van der Waals surface area contributed by atoms with Crippen molar-refractivity contribution >= 4 is 11.6 Å². The maximum Gasteiger partial charge on any atom is 0.435 e. The van der Waals surface area contributed by atoms with Gasteiger partial charge in [0.15, 0.2) is 0 Å². The molecule has 0 bridgehead atoms. The minimum Gasteiger partial charge on any atom is -0.218 e. The number of alkyl halides is 22. The highest BCUT2D eigenvalue weighted by atomic mass is 35.5. The first-order valence-electron chi connectivity index (χ1n) is 7.16. The van der Waals surface area contributed by atoms with E-state index >= 15 is 0 Å². The molecule has 0 fully saturated rings. The molecule has 0 saturated heterocycles. The number of allylic oxidation sites excluding steroid dienone is 2. The summed E-state index contributed by atoms with van der Waals surface area (Å²) in [5.74, 6) is -8.09. The van der Waals surface area contributed by atoms with Crippen LogP contribution < -0.4 is 0 Å². The molecule has 1 aliphatic rings. The van der Waals surface area contributed by atoms with Crippen LogP contribution in [0.1, 0.15) is 0 Å². The van der Waals surface area contributed by atoms with Gasteiger partial charge in [0.25, 0.3) is 16.2 Å². The molecule has 0 atom stereocenters. The molecule has 0 unspecified atom stereocenters. The Hall–Kier alpha value is -1.44. The summed E-state index contributed by atoms with van der Waals surface area (Å²) in [4.78, 5) is -7.67. The molecule has 0 amide bonds. The first-order chi connectivity index (χ1) is 14.2. The molecule has 0 aliphatic heterocycles. The van der Waals surface area contributed by atoms with E-state index in [1.807, 2.05) is 0 Å². The minimum absolute atomic E-state index is 3.78. The van der Waals surface area contributed by atoms with Crippen molar-refractivity contribution in [2.75, 3.05) is 0 Å². The SMILES string of the molecule is FC(F)(F)C(F)(C1=C(C(Cl)(C(F)(F)F)C(F)(F)F)C(C(F)(F)F)(C(F)(F)F)C1(F)F)C(F)(F)F. The van der Waals surface area contributed by atoms with Crippen LogP contribution in [0.15, 0.2) is 11.1 Å². The van der Waals surface area contributed by atoms with Crippen LogP contribution in [0.3, 0.4) is 0 Å². The zero-order chi connectivity index (χ0) is 28.2. The smallest absolute Gasteiger partial charge is 0.218 e. The van der Waals surface area contributed by atoms with Gasteiger partial charge < -0.3 is 0 Å². The second kappa shape index (κ2) is 7.07. The molecule has 0 aromatic heterocycles. The summed E-state index contributed by atoms with van der Waals surface area (Å²) in [6, 6.07) is 0. The summed E-state index contributed by atoms with van der Waals surface area (Å²) < 4.78 is 276. The Labute approximate surface area is 175 Å². The predicted molar refractivity (Wildman–Crippen MR) is 63.2 cm³/mol. The van der Waals surface area contributed by atoms with Crippen LogP contribution in [-0.2, 0) is 0 Å². The van der Waals surface area contributed by atoms with Crippen molar-refractivity contribution in [1.82, 2.24) is 0 Å². The minimum atomic E-state index is -8.30. The van der Waals surface area contributed by atoms with Crippen molar-refractivity contribution in [3.63, 3.8) is 0 Å². The van der Waals surface area contributed by atoms with Crippen molar-refractivity contribution in [2.45, 2.75) is 53.5 Å². The summed E-state index contributed by atoms with van der Waals surface area (Å²) in [6.07, 6.45) is -48.8. The lowest BCUT2D eigenvalue weighted by molar-refractivity contribution is -0.415. The Morgan fingerprint density at radius 1 is 0.441 bits per heavy atom. The Morgan fingerprint density at radius 3 is 0.882 bits per heavy atom. The maximum absolute atomic E-state index is 14.1. The highest BCUT2D eigenvalue weighted by molar-refractivity contribution is 6.28. The Morgan fingerprint density at radius 2 is 0.706 bits per heavy atom. The Bertz CT molecular complexity index is 794. The highest BCUT2D eigenvalue weighted by Crippen LogP contribution is 2.80. The fourth-order valence-electron chi connectivity index (χ4n) is 3.13. The van der Waals surface area contributed by atoms with Gasteiger partial charge in [-0.3, -0.25) is 0 Å². The summed E-state index contributed by atoms with van der Waals surface area (Å²) >= 11 is 3.78. The van der Waals surface area contributed by atoms with Crippen molar-refractivity contribution < 1.29 is 92.2 Å². The topological polar surface area (TPSA) is 0 Å². The average Bonchev–Trinajstić information content (AvgIpc) is 2.44. The lowest BCUT2D eigenvalue weighted by Gasteiger charge is -2.58. The second-order valence-electron chi connectivity index (χ2n) is 6.38. The van der Waals surface area contributed by atoms with E-state index in [1.165, 1.54) is 0 Å². The third kappa shape index (κ3) is 3.33. The largest absolute Gasteiger partial charge is 0.435 e. The molecule has 0 N–H and O–H groups in total. The molecule has 0 radical (unpaired) electrons. The van der Waals surface area contributed by atoms with E-state index in [0.717, 1.165) is 0 Å². The van der Waals surface area contributed by atoms with Gasteiger partial charge in [0.05, 0.1) is 5.57 Å². The Balaban J connectivity index is 4.78. The van der Waals surface area contributed by atoms with Crippen LogP contribution in [-0.4, -0.2) is 53.5 Å². The first kappa shape index (κ1) is 30.6.